The topological polar surface area (TPSA) is 42.4 Å². The summed E-state index contributed by atoms with van der Waals surface area (Å²) in [6, 6.07) is 13.3. The van der Waals surface area contributed by atoms with Gasteiger partial charge in [-0.2, -0.15) is 0 Å². The van der Waals surface area contributed by atoms with Crippen LogP contribution < -0.4 is 4.74 Å². The monoisotopic (exact) mass is 243 g/mol. The molecule has 18 heavy (non-hydrogen) atoms. The average molecular weight is 243 g/mol. The maximum atomic E-state index is 9.68. The zero-order valence-corrected chi connectivity index (χ0v) is 10.4. The first kappa shape index (κ1) is 12.6. The first-order chi connectivity index (χ1) is 8.79. The van der Waals surface area contributed by atoms with Crippen molar-refractivity contribution in [1.82, 2.24) is 4.98 Å². The molecule has 0 aliphatic rings. The van der Waals surface area contributed by atoms with E-state index in [-0.39, 0.29) is 0 Å². The zero-order chi connectivity index (χ0) is 12.8. The molecule has 94 valence electrons. The highest BCUT2D eigenvalue weighted by atomic mass is 16.5. The molecule has 0 saturated heterocycles. The molecule has 2 aromatic rings. The molecule has 0 spiro atoms. The van der Waals surface area contributed by atoms with Crippen molar-refractivity contribution in [2.24, 2.45) is 0 Å². The third-order valence-electron chi connectivity index (χ3n) is 2.76. The lowest BCUT2D eigenvalue weighted by Gasteiger charge is -2.10. The standard InChI is InChI=1S/C15H17NO2/c1-2-15(17)12-6-8-14(9-7-12)18-11-13-5-3-4-10-16-13/h3-10,15,17H,2,11H2,1H3/t15-/m0/s1. The highest BCUT2D eigenvalue weighted by Crippen LogP contribution is 2.20. The fourth-order valence-electron chi connectivity index (χ4n) is 1.66. The minimum absolute atomic E-state index is 0.394. The Morgan fingerprint density at radius 2 is 1.94 bits per heavy atom. The number of pyridine rings is 1. The molecule has 1 heterocycles. The Balaban J connectivity index is 1.94. The summed E-state index contributed by atoms with van der Waals surface area (Å²) in [6.45, 7) is 2.41. The third-order valence-corrected chi connectivity index (χ3v) is 2.76. The molecule has 0 amide bonds. The molecule has 0 aliphatic heterocycles. The molecule has 2 rings (SSSR count). The van der Waals surface area contributed by atoms with Gasteiger partial charge in [0.2, 0.25) is 0 Å². The summed E-state index contributed by atoms with van der Waals surface area (Å²) in [6.07, 6.45) is 2.07. The molecule has 3 heteroatoms. The van der Waals surface area contributed by atoms with Crippen LogP contribution in [0, 0.1) is 0 Å². The lowest BCUT2D eigenvalue weighted by molar-refractivity contribution is 0.173. The fourth-order valence-corrected chi connectivity index (χ4v) is 1.66. The van der Waals surface area contributed by atoms with E-state index in [2.05, 4.69) is 4.98 Å². The number of ether oxygens (including phenoxy) is 1. The van der Waals surface area contributed by atoms with Gasteiger partial charge in [0.1, 0.15) is 12.4 Å². The predicted molar refractivity (Wildman–Crippen MR) is 70.3 cm³/mol. The largest absolute Gasteiger partial charge is 0.487 e. The summed E-state index contributed by atoms with van der Waals surface area (Å²) in [7, 11) is 0. The van der Waals surface area contributed by atoms with Gasteiger partial charge in [-0.25, -0.2) is 0 Å². The van der Waals surface area contributed by atoms with Gasteiger partial charge in [0.05, 0.1) is 11.8 Å². The van der Waals surface area contributed by atoms with Crippen molar-refractivity contribution in [1.29, 1.82) is 0 Å². The van der Waals surface area contributed by atoms with E-state index in [9.17, 15) is 5.11 Å². The average Bonchev–Trinajstić information content (AvgIpc) is 2.46. The number of aliphatic hydroxyl groups is 1. The molecule has 1 atom stereocenters. The van der Waals surface area contributed by atoms with Crippen molar-refractivity contribution in [2.45, 2.75) is 26.1 Å². The number of hydrogen-bond donors (Lipinski definition) is 1. The Labute approximate surface area is 107 Å². The summed E-state index contributed by atoms with van der Waals surface area (Å²) >= 11 is 0. The molecule has 0 saturated carbocycles. The van der Waals surface area contributed by atoms with Gasteiger partial charge in [-0.1, -0.05) is 25.1 Å². The first-order valence-corrected chi connectivity index (χ1v) is 6.10. The van der Waals surface area contributed by atoms with E-state index in [1.165, 1.54) is 0 Å². The predicted octanol–water partition coefficient (Wildman–Crippen LogP) is 3.10. The van der Waals surface area contributed by atoms with Crippen LogP contribution in [0.2, 0.25) is 0 Å². The molecule has 1 aromatic heterocycles. The maximum Gasteiger partial charge on any atom is 0.130 e. The van der Waals surface area contributed by atoms with E-state index in [0.29, 0.717) is 13.0 Å². The van der Waals surface area contributed by atoms with E-state index in [0.717, 1.165) is 17.0 Å². The Kier molecular flexibility index (Phi) is 4.31. The fraction of sp³-hybridized carbons (Fsp3) is 0.267. The molecule has 0 fully saturated rings. The van der Waals surface area contributed by atoms with Crippen molar-refractivity contribution in [3.05, 3.63) is 59.9 Å². The first-order valence-electron chi connectivity index (χ1n) is 6.10. The van der Waals surface area contributed by atoms with Crippen LogP contribution in [-0.2, 0) is 6.61 Å². The SMILES string of the molecule is CC[C@H](O)c1ccc(OCc2ccccn2)cc1. The van der Waals surface area contributed by atoms with E-state index >= 15 is 0 Å². The second kappa shape index (κ2) is 6.17. The van der Waals surface area contributed by atoms with Crippen LogP contribution in [0.3, 0.4) is 0 Å². The maximum absolute atomic E-state index is 9.68. The van der Waals surface area contributed by atoms with E-state index < -0.39 is 6.10 Å². The van der Waals surface area contributed by atoms with Crippen LogP contribution in [0.4, 0.5) is 0 Å². The number of nitrogens with zero attached hydrogens (tertiary/aromatic N) is 1. The Bertz CT molecular complexity index is 468. The molecule has 0 aliphatic carbocycles. The van der Waals surface area contributed by atoms with Gasteiger partial charge in [-0.3, -0.25) is 4.98 Å². The normalized spacial score (nSPS) is 12.1. The van der Waals surface area contributed by atoms with Crippen LogP contribution in [0.15, 0.2) is 48.7 Å². The second-order valence-electron chi connectivity index (χ2n) is 4.10. The highest BCUT2D eigenvalue weighted by Gasteiger charge is 2.04. The number of rotatable bonds is 5. The van der Waals surface area contributed by atoms with Gasteiger partial charge in [0, 0.05) is 6.20 Å². The number of benzene rings is 1. The molecular weight excluding hydrogens is 226 g/mol. The number of hydrogen-bond acceptors (Lipinski definition) is 3. The summed E-state index contributed by atoms with van der Waals surface area (Å²) in [5.41, 5.74) is 1.82. The van der Waals surface area contributed by atoms with Crippen LogP contribution >= 0.6 is 0 Å². The number of aromatic nitrogens is 1. The van der Waals surface area contributed by atoms with E-state index in [4.69, 9.17) is 4.74 Å². The molecule has 0 bridgehead atoms. The highest BCUT2D eigenvalue weighted by molar-refractivity contribution is 5.28. The van der Waals surface area contributed by atoms with E-state index in [1.54, 1.807) is 6.20 Å². The van der Waals surface area contributed by atoms with Gasteiger partial charge >= 0.3 is 0 Å². The van der Waals surface area contributed by atoms with Crippen molar-refractivity contribution >= 4 is 0 Å². The Morgan fingerprint density at radius 3 is 2.56 bits per heavy atom. The van der Waals surface area contributed by atoms with Crippen LogP contribution in [0.25, 0.3) is 0 Å². The lowest BCUT2D eigenvalue weighted by atomic mass is 10.1. The van der Waals surface area contributed by atoms with Gasteiger partial charge in [-0.05, 0) is 36.2 Å². The van der Waals surface area contributed by atoms with Gasteiger partial charge in [0.25, 0.3) is 0 Å². The third kappa shape index (κ3) is 3.31. The molecule has 0 unspecified atom stereocenters. The van der Waals surface area contributed by atoms with Gasteiger partial charge in [0.15, 0.2) is 0 Å². The second-order valence-corrected chi connectivity index (χ2v) is 4.10. The summed E-state index contributed by atoms with van der Waals surface area (Å²) in [5, 5.41) is 9.68. The summed E-state index contributed by atoms with van der Waals surface area (Å²) in [4.78, 5) is 4.19. The van der Waals surface area contributed by atoms with Crippen molar-refractivity contribution in [2.75, 3.05) is 0 Å². The minimum atomic E-state index is -0.394. The van der Waals surface area contributed by atoms with Crippen LogP contribution in [0.1, 0.15) is 30.7 Å². The lowest BCUT2D eigenvalue weighted by Crippen LogP contribution is -1.98. The van der Waals surface area contributed by atoms with E-state index in [1.807, 2.05) is 49.4 Å². The Hall–Kier alpha value is -1.87. The summed E-state index contributed by atoms with van der Waals surface area (Å²) in [5.74, 6) is 0.785. The smallest absolute Gasteiger partial charge is 0.130 e. The summed E-state index contributed by atoms with van der Waals surface area (Å²) < 4.78 is 5.62. The number of aliphatic hydroxyl groups excluding tert-OH is 1. The van der Waals surface area contributed by atoms with Crippen molar-refractivity contribution in [3.63, 3.8) is 0 Å². The molecular formula is C15H17NO2. The minimum Gasteiger partial charge on any atom is -0.487 e. The molecule has 1 aromatic carbocycles. The van der Waals surface area contributed by atoms with Crippen LogP contribution in [-0.4, -0.2) is 10.1 Å². The van der Waals surface area contributed by atoms with Gasteiger partial charge < -0.3 is 9.84 Å². The van der Waals surface area contributed by atoms with Crippen molar-refractivity contribution < 1.29 is 9.84 Å². The van der Waals surface area contributed by atoms with Gasteiger partial charge in [-0.15, -0.1) is 0 Å². The van der Waals surface area contributed by atoms with Crippen LogP contribution in [0.5, 0.6) is 5.75 Å². The molecule has 0 radical (unpaired) electrons. The quantitative estimate of drug-likeness (QED) is 0.877. The van der Waals surface area contributed by atoms with Crippen molar-refractivity contribution in [3.8, 4) is 5.75 Å². The zero-order valence-electron chi connectivity index (χ0n) is 10.4. The molecule has 3 nitrogen and oxygen atoms in total. The molecule has 1 N–H and O–H groups in total. The Morgan fingerprint density at radius 1 is 1.17 bits per heavy atom.